The molecule has 3 aliphatic rings. The Labute approximate surface area is 111 Å². The van der Waals surface area contributed by atoms with Gasteiger partial charge < -0.3 is 4.90 Å². The highest BCUT2D eigenvalue weighted by Gasteiger charge is 2.36. The van der Waals surface area contributed by atoms with E-state index in [0.29, 0.717) is 0 Å². The number of rotatable bonds is 1. The molecule has 0 radical (unpaired) electrons. The molecule has 86 valence electrons. The van der Waals surface area contributed by atoms with Crippen molar-refractivity contribution < 1.29 is 0 Å². The number of hydrogen-bond donors (Lipinski definition) is 0. The number of piperazine rings is 1. The topological polar surface area (TPSA) is 6.48 Å². The average molecular weight is 328 g/mol. The number of hydrogen-bond acceptors (Lipinski definition) is 2. The predicted octanol–water partition coefficient (Wildman–Crippen LogP) is 2.57. The Balaban J connectivity index is 1.84. The fraction of sp³-hybridized carbons (Fsp3) is 0.538. The molecule has 0 aliphatic carbocycles. The Bertz CT molecular complexity index is 376. The molecule has 3 saturated heterocycles. The molecule has 0 amide bonds. The molecule has 0 aromatic heterocycles. The van der Waals surface area contributed by atoms with Crippen LogP contribution in [-0.4, -0.2) is 37.1 Å². The average Bonchev–Trinajstić information content (AvgIpc) is 2.31. The smallest absolute Gasteiger partial charge is 0.0418 e. The fourth-order valence-corrected chi connectivity index (χ4v) is 3.35. The van der Waals surface area contributed by atoms with Crippen LogP contribution in [-0.2, 0) is 0 Å². The van der Waals surface area contributed by atoms with Gasteiger partial charge in [0.15, 0.2) is 0 Å². The Kier molecular flexibility index (Phi) is 2.83. The van der Waals surface area contributed by atoms with E-state index < -0.39 is 0 Å². The van der Waals surface area contributed by atoms with E-state index in [2.05, 4.69) is 63.7 Å². The Morgan fingerprint density at radius 2 is 1.75 bits per heavy atom. The molecule has 1 aromatic rings. The normalized spacial score (nSPS) is 29.8. The van der Waals surface area contributed by atoms with Gasteiger partial charge >= 0.3 is 0 Å². The third-order valence-electron chi connectivity index (χ3n) is 3.96. The highest BCUT2D eigenvalue weighted by molar-refractivity contribution is 14.1. The third-order valence-corrected chi connectivity index (χ3v) is 4.68. The van der Waals surface area contributed by atoms with Gasteiger partial charge in [-0.25, -0.2) is 0 Å². The standard InChI is InChI=1S/C13H17IN2/c1-15-8-13-7-6-12(15)9-16(13)11-4-2-10(14)3-5-11/h2-5,12-13H,6-9H2,1H3. The largest absolute Gasteiger partial charge is 0.366 e. The van der Waals surface area contributed by atoms with Gasteiger partial charge in [-0.1, -0.05) is 0 Å². The molecular weight excluding hydrogens is 311 g/mol. The van der Waals surface area contributed by atoms with Crippen LogP contribution in [0.1, 0.15) is 12.8 Å². The number of fused-ring (bicyclic) bond motifs is 3. The molecule has 0 spiro atoms. The van der Waals surface area contributed by atoms with Gasteiger partial charge in [0, 0.05) is 34.4 Å². The van der Waals surface area contributed by atoms with E-state index in [-0.39, 0.29) is 0 Å². The highest BCUT2D eigenvalue weighted by Crippen LogP contribution is 2.31. The maximum Gasteiger partial charge on any atom is 0.0418 e. The number of anilines is 1. The van der Waals surface area contributed by atoms with Crippen molar-refractivity contribution >= 4 is 28.3 Å². The van der Waals surface area contributed by atoms with Crippen LogP contribution >= 0.6 is 22.6 Å². The van der Waals surface area contributed by atoms with Gasteiger partial charge in [0.1, 0.15) is 0 Å². The minimum Gasteiger partial charge on any atom is -0.366 e. The van der Waals surface area contributed by atoms with Crippen molar-refractivity contribution in [3.63, 3.8) is 0 Å². The molecule has 2 unspecified atom stereocenters. The maximum absolute atomic E-state index is 2.60. The van der Waals surface area contributed by atoms with Gasteiger partial charge in [-0.3, -0.25) is 4.90 Å². The van der Waals surface area contributed by atoms with E-state index in [4.69, 9.17) is 0 Å². The number of nitrogens with zero attached hydrogens (tertiary/aromatic N) is 2. The predicted molar refractivity (Wildman–Crippen MR) is 75.9 cm³/mol. The van der Waals surface area contributed by atoms with Crippen LogP contribution in [0.3, 0.4) is 0 Å². The second-order valence-electron chi connectivity index (χ2n) is 4.95. The van der Waals surface area contributed by atoms with E-state index in [9.17, 15) is 0 Å². The number of piperidine rings is 2. The summed E-state index contributed by atoms with van der Waals surface area (Å²) < 4.78 is 1.32. The van der Waals surface area contributed by atoms with Crippen LogP contribution in [0.4, 0.5) is 5.69 Å². The van der Waals surface area contributed by atoms with Gasteiger partial charge in [-0.05, 0) is 66.7 Å². The minimum absolute atomic E-state index is 0.732. The zero-order valence-corrected chi connectivity index (χ0v) is 11.7. The first-order valence-corrected chi connectivity index (χ1v) is 7.04. The molecule has 3 fully saturated rings. The molecule has 0 N–H and O–H groups in total. The van der Waals surface area contributed by atoms with Gasteiger partial charge in [0.2, 0.25) is 0 Å². The lowest BCUT2D eigenvalue weighted by Crippen LogP contribution is -2.61. The van der Waals surface area contributed by atoms with Crippen molar-refractivity contribution in [3.8, 4) is 0 Å². The molecule has 16 heavy (non-hydrogen) atoms. The van der Waals surface area contributed by atoms with Crippen molar-refractivity contribution in [2.24, 2.45) is 0 Å². The molecular formula is C13H17IN2. The van der Waals surface area contributed by atoms with Crippen molar-refractivity contribution in [2.75, 3.05) is 25.0 Å². The molecule has 4 rings (SSSR count). The Morgan fingerprint density at radius 3 is 2.31 bits per heavy atom. The quantitative estimate of drug-likeness (QED) is 0.731. The van der Waals surface area contributed by atoms with Gasteiger partial charge in [-0.2, -0.15) is 0 Å². The molecule has 3 aliphatic heterocycles. The first kappa shape index (κ1) is 10.8. The second-order valence-corrected chi connectivity index (χ2v) is 6.20. The van der Waals surface area contributed by atoms with E-state index in [1.807, 2.05) is 0 Å². The fourth-order valence-electron chi connectivity index (χ4n) is 2.99. The van der Waals surface area contributed by atoms with Gasteiger partial charge in [0.05, 0.1) is 0 Å². The molecule has 1 aromatic carbocycles. The van der Waals surface area contributed by atoms with Gasteiger partial charge in [-0.15, -0.1) is 0 Å². The Hall–Kier alpha value is -0.290. The van der Waals surface area contributed by atoms with Crippen molar-refractivity contribution in [3.05, 3.63) is 27.8 Å². The van der Waals surface area contributed by atoms with Gasteiger partial charge in [0.25, 0.3) is 0 Å². The van der Waals surface area contributed by atoms with Crippen LogP contribution < -0.4 is 4.90 Å². The van der Waals surface area contributed by atoms with E-state index in [1.54, 1.807) is 0 Å². The van der Waals surface area contributed by atoms with Crippen molar-refractivity contribution in [1.82, 2.24) is 4.90 Å². The Morgan fingerprint density at radius 1 is 1.06 bits per heavy atom. The summed E-state index contributed by atoms with van der Waals surface area (Å²) in [7, 11) is 2.27. The van der Waals surface area contributed by atoms with Crippen molar-refractivity contribution in [1.29, 1.82) is 0 Å². The lowest BCUT2D eigenvalue weighted by Gasteiger charge is -2.51. The summed E-state index contributed by atoms with van der Waals surface area (Å²) >= 11 is 2.37. The first-order valence-electron chi connectivity index (χ1n) is 5.96. The first-order chi connectivity index (χ1) is 7.74. The summed E-state index contributed by atoms with van der Waals surface area (Å²) in [6, 6.07) is 10.5. The number of benzene rings is 1. The summed E-state index contributed by atoms with van der Waals surface area (Å²) in [5.74, 6) is 0. The summed E-state index contributed by atoms with van der Waals surface area (Å²) in [5.41, 5.74) is 1.41. The second kappa shape index (κ2) is 4.18. The van der Waals surface area contributed by atoms with Crippen LogP contribution in [0.15, 0.2) is 24.3 Å². The van der Waals surface area contributed by atoms with Crippen LogP contribution in [0.2, 0.25) is 0 Å². The zero-order chi connectivity index (χ0) is 11.1. The number of likely N-dealkylation sites (N-methyl/N-ethyl adjacent to an activating group) is 1. The monoisotopic (exact) mass is 328 g/mol. The SMILES string of the molecule is CN1CC2CCC1CN2c1ccc(I)cc1. The van der Waals surface area contributed by atoms with Crippen LogP contribution in [0.25, 0.3) is 0 Å². The lowest BCUT2D eigenvalue weighted by molar-refractivity contribution is 0.125. The van der Waals surface area contributed by atoms with E-state index in [1.165, 1.54) is 35.2 Å². The van der Waals surface area contributed by atoms with E-state index >= 15 is 0 Å². The maximum atomic E-state index is 2.60. The summed E-state index contributed by atoms with van der Waals surface area (Å²) in [5, 5.41) is 0. The van der Waals surface area contributed by atoms with Crippen LogP contribution in [0, 0.1) is 3.57 Å². The molecule has 2 atom stereocenters. The highest BCUT2D eigenvalue weighted by atomic mass is 127. The molecule has 3 heteroatoms. The summed E-state index contributed by atoms with van der Waals surface area (Å²) in [6.45, 7) is 2.44. The third kappa shape index (κ3) is 1.84. The van der Waals surface area contributed by atoms with Crippen LogP contribution in [0.5, 0.6) is 0 Å². The molecule has 0 saturated carbocycles. The molecule has 2 nitrogen and oxygen atoms in total. The van der Waals surface area contributed by atoms with E-state index in [0.717, 1.165) is 12.1 Å². The minimum atomic E-state index is 0.732. The summed E-state index contributed by atoms with van der Waals surface area (Å²) in [6.07, 6.45) is 2.74. The molecule has 2 bridgehead atoms. The number of halogens is 1. The molecule has 3 heterocycles. The summed E-state index contributed by atoms with van der Waals surface area (Å²) in [4.78, 5) is 5.13. The van der Waals surface area contributed by atoms with Crippen molar-refractivity contribution in [2.45, 2.75) is 24.9 Å². The zero-order valence-electron chi connectivity index (χ0n) is 9.56. The lowest BCUT2D eigenvalue weighted by atomic mass is 9.91.